The highest BCUT2D eigenvalue weighted by atomic mass is 15.1. The van der Waals surface area contributed by atoms with Crippen LogP contribution in [-0.2, 0) is 0 Å². The third-order valence-corrected chi connectivity index (χ3v) is 3.14. The van der Waals surface area contributed by atoms with Crippen LogP contribution in [0.1, 0.15) is 59.3 Å². The van der Waals surface area contributed by atoms with Crippen LogP contribution >= 0.6 is 0 Å². The topological polar surface area (TPSA) is 29.3 Å². The van der Waals surface area contributed by atoms with Crippen LogP contribution in [0.3, 0.4) is 0 Å². The molecule has 15 heavy (non-hydrogen) atoms. The first-order valence-corrected chi connectivity index (χ1v) is 6.72. The van der Waals surface area contributed by atoms with Gasteiger partial charge in [-0.1, -0.05) is 46.5 Å². The minimum Gasteiger partial charge on any atom is -0.328 e. The maximum absolute atomic E-state index is 6.09. The van der Waals surface area contributed by atoms with E-state index in [0.29, 0.717) is 6.04 Å². The zero-order valence-corrected chi connectivity index (χ0v) is 11.0. The quantitative estimate of drug-likeness (QED) is 0.566. The molecule has 0 rings (SSSR count). The molecule has 0 aliphatic carbocycles. The Morgan fingerprint density at radius 1 is 0.933 bits per heavy atom. The molecule has 0 aliphatic rings. The Balaban J connectivity index is 3.35. The predicted octanol–water partition coefficient (Wildman–Crippen LogP) is 3.02. The summed E-state index contributed by atoms with van der Waals surface area (Å²) in [7, 11) is 0. The van der Waals surface area contributed by atoms with Crippen molar-refractivity contribution in [3.05, 3.63) is 0 Å². The monoisotopic (exact) mass is 214 g/mol. The van der Waals surface area contributed by atoms with Gasteiger partial charge in [-0.2, -0.15) is 0 Å². The van der Waals surface area contributed by atoms with Gasteiger partial charge in [0.05, 0.1) is 0 Å². The molecule has 0 saturated carbocycles. The third kappa shape index (κ3) is 8.88. The van der Waals surface area contributed by atoms with Crippen LogP contribution in [-0.4, -0.2) is 30.6 Å². The second-order valence-corrected chi connectivity index (χ2v) is 4.42. The molecule has 0 heterocycles. The van der Waals surface area contributed by atoms with E-state index in [9.17, 15) is 0 Å². The SMILES string of the molecule is CCCCCCC(N)CCN(CC)CC. The molecule has 0 aromatic heterocycles. The highest BCUT2D eigenvalue weighted by Crippen LogP contribution is 2.07. The first-order chi connectivity index (χ1) is 7.24. The lowest BCUT2D eigenvalue weighted by molar-refractivity contribution is 0.287. The van der Waals surface area contributed by atoms with Crippen molar-refractivity contribution in [1.82, 2.24) is 4.90 Å². The Morgan fingerprint density at radius 3 is 2.13 bits per heavy atom. The fraction of sp³-hybridized carbons (Fsp3) is 1.00. The Labute approximate surface area is 96.2 Å². The molecule has 1 unspecified atom stereocenters. The van der Waals surface area contributed by atoms with Gasteiger partial charge in [0.2, 0.25) is 0 Å². The van der Waals surface area contributed by atoms with Crippen LogP contribution < -0.4 is 5.73 Å². The summed E-state index contributed by atoms with van der Waals surface area (Å²) in [4.78, 5) is 2.45. The fourth-order valence-corrected chi connectivity index (χ4v) is 1.87. The van der Waals surface area contributed by atoms with Gasteiger partial charge >= 0.3 is 0 Å². The Kier molecular flexibility index (Phi) is 10.4. The number of unbranched alkanes of at least 4 members (excludes halogenated alkanes) is 3. The van der Waals surface area contributed by atoms with Crippen molar-refractivity contribution in [2.45, 2.75) is 65.3 Å². The summed E-state index contributed by atoms with van der Waals surface area (Å²) in [5.41, 5.74) is 6.09. The van der Waals surface area contributed by atoms with E-state index in [1.54, 1.807) is 0 Å². The standard InChI is InChI=1S/C13H30N2/c1-4-7-8-9-10-13(14)11-12-15(5-2)6-3/h13H,4-12,14H2,1-3H3. The first kappa shape index (κ1) is 14.9. The smallest absolute Gasteiger partial charge is 0.00510 e. The second-order valence-electron chi connectivity index (χ2n) is 4.42. The molecule has 1 atom stereocenters. The molecule has 2 nitrogen and oxygen atoms in total. The Hall–Kier alpha value is -0.0800. The first-order valence-electron chi connectivity index (χ1n) is 6.72. The lowest BCUT2D eigenvalue weighted by atomic mass is 10.1. The van der Waals surface area contributed by atoms with Crippen LogP contribution in [0.4, 0.5) is 0 Å². The molecule has 0 bridgehead atoms. The van der Waals surface area contributed by atoms with Crippen molar-refractivity contribution in [1.29, 1.82) is 0 Å². The van der Waals surface area contributed by atoms with Crippen LogP contribution in [0.15, 0.2) is 0 Å². The fourth-order valence-electron chi connectivity index (χ4n) is 1.87. The van der Waals surface area contributed by atoms with Gasteiger partial charge in [0.1, 0.15) is 0 Å². The van der Waals surface area contributed by atoms with E-state index in [1.165, 1.54) is 38.6 Å². The van der Waals surface area contributed by atoms with E-state index >= 15 is 0 Å². The van der Waals surface area contributed by atoms with E-state index in [4.69, 9.17) is 5.73 Å². The molecule has 0 aromatic carbocycles. The molecule has 2 heteroatoms. The summed E-state index contributed by atoms with van der Waals surface area (Å²) in [6.45, 7) is 10.2. The molecule has 0 aromatic rings. The van der Waals surface area contributed by atoms with Gasteiger partial charge in [-0.3, -0.25) is 0 Å². The second kappa shape index (κ2) is 10.4. The van der Waals surface area contributed by atoms with Gasteiger partial charge in [-0.05, 0) is 32.5 Å². The highest BCUT2D eigenvalue weighted by molar-refractivity contribution is 4.64. The van der Waals surface area contributed by atoms with Crippen LogP contribution in [0.25, 0.3) is 0 Å². The van der Waals surface area contributed by atoms with Gasteiger partial charge in [0.15, 0.2) is 0 Å². The van der Waals surface area contributed by atoms with E-state index in [1.807, 2.05) is 0 Å². The van der Waals surface area contributed by atoms with Crippen LogP contribution in [0, 0.1) is 0 Å². The van der Waals surface area contributed by atoms with Crippen molar-refractivity contribution in [3.8, 4) is 0 Å². The summed E-state index contributed by atoms with van der Waals surface area (Å²) in [6.07, 6.45) is 7.72. The summed E-state index contributed by atoms with van der Waals surface area (Å²) in [5.74, 6) is 0. The molecule has 0 radical (unpaired) electrons. The maximum Gasteiger partial charge on any atom is 0.00510 e. The molecular weight excluding hydrogens is 184 g/mol. The molecular formula is C13H30N2. The summed E-state index contributed by atoms with van der Waals surface area (Å²) < 4.78 is 0. The van der Waals surface area contributed by atoms with Crippen molar-refractivity contribution in [2.24, 2.45) is 5.73 Å². The summed E-state index contributed by atoms with van der Waals surface area (Å²) >= 11 is 0. The number of hydrogen-bond acceptors (Lipinski definition) is 2. The molecule has 92 valence electrons. The van der Waals surface area contributed by atoms with Gasteiger partial charge in [-0.25, -0.2) is 0 Å². The Bertz CT molecular complexity index is 122. The predicted molar refractivity (Wildman–Crippen MR) is 69.1 cm³/mol. The largest absolute Gasteiger partial charge is 0.328 e. The maximum atomic E-state index is 6.09. The van der Waals surface area contributed by atoms with Crippen molar-refractivity contribution in [2.75, 3.05) is 19.6 Å². The van der Waals surface area contributed by atoms with Crippen LogP contribution in [0.5, 0.6) is 0 Å². The number of rotatable bonds is 10. The zero-order chi connectivity index (χ0) is 11.5. The molecule has 0 spiro atoms. The van der Waals surface area contributed by atoms with Gasteiger partial charge in [-0.15, -0.1) is 0 Å². The normalized spacial score (nSPS) is 13.4. The average Bonchev–Trinajstić information content (AvgIpc) is 2.26. The lowest BCUT2D eigenvalue weighted by Crippen LogP contribution is -2.30. The number of hydrogen-bond donors (Lipinski definition) is 1. The van der Waals surface area contributed by atoms with E-state index in [0.717, 1.165) is 19.5 Å². The van der Waals surface area contributed by atoms with Gasteiger partial charge in [0.25, 0.3) is 0 Å². The number of nitrogens with zero attached hydrogens (tertiary/aromatic N) is 1. The van der Waals surface area contributed by atoms with Crippen molar-refractivity contribution < 1.29 is 0 Å². The number of nitrogens with two attached hydrogens (primary N) is 1. The minimum atomic E-state index is 0.419. The Morgan fingerprint density at radius 2 is 1.60 bits per heavy atom. The molecule has 2 N–H and O–H groups in total. The molecule has 0 aliphatic heterocycles. The zero-order valence-electron chi connectivity index (χ0n) is 11.0. The van der Waals surface area contributed by atoms with Crippen LogP contribution in [0.2, 0.25) is 0 Å². The molecule has 0 amide bonds. The minimum absolute atomic E-state index is 0.419. The van der Waals surface area contributed by atoms with E-state index in [2.05, 4.69) is 25.7 Å². The van der Waals surface area contributed by atoms with Gasteiger partial charge < -0.3 is 10.6 Å². The third-order valence-electron chi connectivity index (χ3n) is 3.14. The van der Waals surface area contributed by atoms with Crippen molar-refractivity contribution >= 4 is 0 Å². The average molecular weight is 214 g/mol. The highest BCUT2D eigenvalue weighted by Gasteiger charge is 2.05. The summed E-state index contributed by atoms with van der Waals surface area (Å²) in [6, 6.07) is 0.419. The van der Waals surface area contributed by atoms with E-state index in [-0.39, 0.29) is 0 Å². The molecule has 0 saturated heterocycles. The van der Waals surface area contributed by atoms with E-state index < -0.39 is 0 Å². The van der Waals surface area contributed by atoms with Crippen molar-refractivity contribution in [3.63, 3.8) is 0 Å². The summed E-state index contributed by atoms with van der Waals surface area (Å²) in [5, 5.41) is 0. The van der Waals surface area contributed by atoms with Gasteiger partial charge in [0, 0.05) is 6.04 Å². The lowest BCUT2D eigenvalue weighted by Gasteiger charge is -2.20. The molecule has 0 fully saturated rings.